The maximum atomic E-state index is 12.3. The van der Waals surface area contributed by atoms with E-state index in [9.17, 15) is 4.79 Å². The van der Waals surface area contributed by atoms with E-state index in [0.29, 0.717) is 26.4 Å². The first-order chi connectivity index (χ1) is 9.77. The smallest absolute Gasteiger partial charge is 0.241 e. The number of thiophene rings is 1. The van der Waals surface area contributed by atoms with E-state index >= 15 is 0 Å². The SMILES string of the molecule is CCC1NC(c2cccs2)N(CCOCCOC)C1=O. The van der Waals surface area contributed by atoms with E-state index in [1.54, 1.807) is 18.4 Å². The predicted molar refractivity (Wildman–Crippen MR) is 78.7 cm³/mol. The van der Waals surface area contributed by atoms with Gasteiger partial charge in [0.25, 0.3) is 0 Å². The van der Waals surface area contributed by atoms with Gasteiger partial charge in [0.15, 0.2) is 0 Å². The fourth-order valence-corrected chi connectivity index (χ4v) is 3.10. The summed E-state index contributed by atoms with van der Waals surface area (Å²) in [6, 6.07) is 3.99. The highest BCUT2D eigenvalue weighted by atomic mass is 32.1. The molecule has 0 radical (unpaired) electrons. The summed E-state index contributed by atoms with van der Waals surface area (Å²) >= 11 is 1.67. The molecule has 2 unspecified atom stereocenters. The first kappa shape index (κ1) is 15.4. The third-order valence-electron chi connectivity index (χ3n) is 3.38. The van der Waals surface area contributed by atoms with Gasteiger partial charge >= 0.3 is 0 Å². The lowest BCUT2D eigenvalue weighted by molar-refractivity contribution is -0.130. The van der Waals surface area contributed by atoms with Gasteiger partial charge in [-0.25, -0.2) is 0 Å². The molecule has 112 valence electrons. The molecule has 0 bridgehead atoms. The number of hydrogen-bond donors (Lipinski definition) is 1. The molecule has 5 nitrogen and oxygen atoms in total. The lowest BCUT2D eigenvalue weighted by atomic mass is 10.2. The maximum absolute atomic E-state index is 12.3. The van der Waals surface area contributed by atoms with E-state index in [4.69, 9.17) is 9.47 Å². The summed E-state index contributed by atoms with van der Waals surface area (Å²) in [6.07, 6.45) is 0.792. The van der Waals surface area contributed by atoms with Crippen LogP contribution in [0.3, 0.4) is 0 Å². The van der Waals surface area contributed by atoms with Crippen LogP contribution in [0.5, 0.6) is 0 Å². The van der Waals surface area contributed by atoms with Crippen LogP contribution in [0.4, 0.5) is 0 Å². The van der Waals surface area contributed by atoms with E-state index in [1.807, 2.05) is 23.3 Å². The molecule has 0 aliphatic carbocycles. The van der Waals surface area contributed by atoms with Crippen LogP contribution in [0.2, 0.25) is 0 Å². The first-order valence-electron chi connectivity index (χ1n) is 6.94. The molecule has 1 fully saturated rings. The minimum absolute atomic E-state index is 0.0153. The lowest BCUT2D eigenvalue weighted by Gasteiger charge is -2.23. The van der Waals surface area contributed by atoms with Crippen molar-refractivity contribution in [1.82, 2.24) is 10.2 Å². The molecule has 1 aromatic rings. The largest absolute Gasteiger partial charge is 0.382 e. The van der Waals surface area contributed by atoms with Crippen molar-refractivity contribution in [2.45, 2.75) is 25.6 Å². The van der Waals surface area contributed by atoms with Crippen LogP contribution in [0.25, 0.3) is 0 Å². The average molecular weight is 298 g/mol. The van der Waals surface area contributed by atoms with Crippen molar-refractivity contribution in [3.05, 3.63) is 22.4 Å². The average Bonchev–Trinajstić information content (AvgIpc) is 3.07. The molecule has 1 saturated heterocycles. The van der Waals surface area contributed by atoms with Gasteiger partial charge in [-0.15, -0.1) is 11.3 Å². The molecule has 0 spiro atoms. The zero-order valence-corrected chi connectivity index (χ0v) is 12.8. The molecular weight excluding hydrogens is 276 g/mol. The Morgan fingerprint density at radius 3 is 2.90 bits per heavy atom. The van der Waals surface area contributed by atoms with Gasteiger partial charge in [0.05, 0.1) is 25.9 Å². The second-order valence-corrected chi connectivity index (χ2v) is 5.66. The monoisotopic (exact) mass is 298 g/mol. The van der Waals surface area contributed by atoms with E-state index in [0.717, 1.165) is 6.42 Å². The van der Waals surface area contributed by atoms with Crippen LogP contribution in [0, 0.1) is 0 Å². The molecule has 0 aromatic carbocycles. The van der Waals surface area contributed by atoms with Crippen molar-refractivity contribution in [2.24, 2.45) is 0 Å². The van der Waals surface area contributed by atoms with Crippen molar-refractivity contribution < 1.29 is 14.3 Å². The minimum atomic E-state index is -0.0823. The molecule has 2 rings (SSSR count). The van der Waals surface area contributed by atoms with Crippen LogP contribution in [-0.2, 0) is 14.3 Å². The number of methoxy groups -OCH3 is 1. The molecule has 1 aliphatic rings. The maximum Gasteiger partial charge on any atom is 0.241 e. The summed E-state index contributed by atoms with van der Waals surface area (Å²) in [4.78, 5) is 15.4. The molecule has 6 heteroatoms. The summed E-state index contributed by atoms with van der Waals surface area (Å²) in [5.41, 5.74) is 0. The zero-order valence-electron chi connectivity index (χ0n) is 12.0. The Bertz CT molecular complexity index is 411. The topological polar surface area (TPSA) is 50.8 Å². The summed E-state index contributed by atoms with van der Waals surface area (Å²) in [6.45, 7) is 4.31. The van der Waals surface area contributed by atoms with Gasteiger partial charge in [0.1, 0.15) is 6.17 Å². The Labute approximate surface area is 123 Å². The van der Waals surface area contributed by atoms with Crippen molar-refractivity contribution >= 4 is 17.2 Å². The van der Waals surface area contributed by atoms with Crippen molar-refractivity contribution in [3.8, 4) is 0 Å². The Balaban J connectivity index is 1.93. The number of carbonyl (C=O) groups excluding carboxylic acids is 1. The molecular formula is C14H22N2O3S. The third kappa shape index (κ3) is 3.58. The van der Waals surface area contributed by atoms with Gasteiger partial charge in [0, 0.05) is 18.5 Å². The second kappa shape index (κ2) is 7.73. The first-order valence-corrected chi connectivity index (χ1v) is 7.82. The van der Waals surface area contributed by atoms with Crippen LogP contribution in [0.15, 0.2) is 17.5 Å². The molecule has 0 saturated carbocycles. The van der Waals surface area contributed by atoms with Gasteiger partial charge in [-0.05, 0) is 17.9 Å². The van der Waals surface area contributed by atoms with Crippen LogP contribution in [0.1, 0.15) is 24.4 Å². The quantitative estimate of drug-likeness (QED) is 0.741. The number of nitrogens with zero attached hydrogens (tertiary/aromatic N) is 1. The fourth-order valence-electron chi connectivity index (χ4n) is 2.30. The number of rotatable bonds is 8. The Morgan fingerprint density at radius 1 is 1.40 bits per heavy atom. The summed E-state index contributed by atoms with van der Waals surface area (Å²) in [5, 5.41) is 5.44. The van der Waals surface area contributed by atoms with Crippen molar-refractivity contribution in [2.75, 3.05) is 33.5 Å². The highest BCUT2D eigenvalue weighted by molar-refractivity contribution is 7.10. The van der Waals surface area contributed by atoms with Gasteiger partial charge in [-0.1, -0.05) is 13.0 Å². The van der Waals surface area contributed by atoms with Crippen LogP contribution >= 0.6 is 11.3 Å². The lowest BCUT2D eigenvalue weighted by Crippen LogP contribution is -2.33. The van der Waals surface area contributed by atoms with E-state index in [1.165, 1.54) is 4.88 Å². The second-order valence-electron chi connectivity index (χ2n) is 4.68. The van der Waals surface area contributed by atoms with Crippen LogP contribution in [-0.4, -0.2) is 50.3 Å². The Kier molecular flexibility index (Phi) is 5.97. The van der Waals surface area contributed by atoms with Gasteiger partial charge in [-0.2, -0.15) is 0 Å². The van der Waals surface area contributed by atoms with Gasteiger partial charge in [-0.3, -0.25) is 10.1 Å². The normalized spacial score (nSPS) is 22.7. The summed E-state index contributed by atoms with van der Waals surface area (Å²) in [7, 11) is 1.65. The highest BCUT2D eigenvalue weighted by Gasteiger charge is 2.38. The molecule has 1 amide bonds. The number of nitrogens with one attached hydrogen (secondary N) is 1. The Hall–Kier alpha value is -0.950. The van der Waals surface area contributed by atoms with Gasteiger partial charge < -0.3 is 14.4 Å². The van der Waals surface area contributed by atoms with Crippen LogP contribution < -0.4 is 5.32 Å². The fraction of sp³-hybridized carbons (Fsp3) is 0.643. The standard InChI is InChI=1S/C14H22N2O3S/c1-3-11-14(17)16(6-7-19-9-8-18-2)13(15-11)12-5-4-10-20-12/h4-5,10-11,13,15H,3,6-9H2,1-2H3. The highest BCUT2D eigenvalue weighted by Crippen LogP contribution is 2.29. The number of amides is 1. The molecule has 1 aromatic heterocycles. The number of hydrogen-bond acceptors (Lipinski definition) is 5. The third-order valence-corrected chi connectivity index (χ3v) is 4.31. The molecule has 2 atom stereocenters. The van der Waals surface area contributed by atoms with E-state index in [2.05, 4.69) is 11.4 Å². The van der Waals surface area contributed by atoms with Gasteiger partial charge in [0.2, 0.25) is 5.91 Å². The van der Waals surface area contributed by atoms with E-state index in [-0.39, 0.29) is 18.1 Å². The van der Waals surface area contributed by atoms with E-state index < -0.39 is 0 Å². The Morgan fingerprint density at radius 2 is 2.25 bits per heavy atom. The number of ether oxygens (including phenoxy) is 2. The molecule has 1 N–H and O–H groups in total. The predicted octanol–water partition coefficient (Wildman–Crippen LogP) is 1.62. The van der Waals surface area contributed by atoms with Crippen molar-refractivity contribution in [1.29, 1.82) is 0 Å². The van der Waals surface area contributed by atoms with Crippen molar-refractivity contribution in [3.63, 3.8) is 0 Å². The number of carbonyl (C=O) groups is 1. The summed E-state index contributed by atoms with van der Waals surface area (Å²) < 4.78 is 10.4. The molecule has 2 heterocycles. The minimum Gasteiger partial charge on any atom is -0.382 e. The molecule has 1 aliphatic heterocycles. The zero-order chi connectivity index (χ0) is 14.4. The summed E-state index contributed by atoms with van der Waals surface area (Å²) in [5.74, 6) is 0.168. The molecule has 20 heavy (non-hydrogen) atoms.